The van der Waals surface area contributed by atoms with Crippen LogP contribution in [0, 0.1) is 23.5 Å². The molecule has 0 spiro atoms. The first-order valence-electron chi connectivity index (χ1n) is 9.60. The van der Waals surface area contributed by atoms with E-state index in [4.69, 9.17) is 9.47 Å². The van der Waals surface area contributed by atoms with E-state index in [0.29, 0.717) is 25.9 Å². The molecule has 3 rings (SSSR count). The molecule has 0 radical (unpaired) electrons. The molecule has 0 bridgehead atoms. The number of halogens is 4. The standard InChI is InChI=1S/C21H26F4O2/c1-3-15-7-5-14(12-27-15)17-9-6-13(11-21(17,24)25)16-8-10-18(26-4-2)20(23)19(16)22/h3,8,10,13-15,17H,1,4-7,9,11-12H2,2H3. The maximum atomic E-state index is 14.9. The van der Waals surface area contributed by atoms with Crippen LogP contribution in [0.4, 0.5) is 17.6 Å². The number of alkyl halides is 2. The molecule has 1 heterocycles. The normalized spacial score (nSPS) is 30.7. The van der Waals surface area contributed by atoms with E-state index in [2.05, 4.69) is 6.58 Å². The highest BCUT2D eigenvalue weighted by atomic mass is 19.3. The van der Waals surface area contributed by atoms with Crippen LogP contribution in [-0.2, 0) is 4.74 Å². The Morgan fingerprint density at radius 2 is 1.96 bits per heavy atom. The van der Waals surface area contributed by atoms with Crippen LogP contribution in [0.2, 0.25) is 0 Å². The quantitative estimate of drug-likeness (QED) is 0.466. The maximum absolute atomic E-state index is 14.9. The van der Waals surface area contributed by atoms with Gasteiger partial charge in [-0.15, -0.1) is 6.58 Å². The van der Waals surface area contributed by atoms with Crippen LogP contribution in [0.5, 0.6) is 5.75 Å². The molecule has 27 heavy (non-hydrogen) atoms. The van der Waals surface area contributed by atoms with E-state index in [1.54, 1.807) is 13.0 Å². The van der Waals surface area contributed by atoms with Crippen molar-refractivity contribution in [1.29, 1.82) is 0 Å². The molecule has 4 atom stereocenters. The van der Waals surface area contributed by atoms with Crippen LogP contribution < -0.4 is 4.74 Å². The van der Waals surface area contributed by atoms with Gasteiger partial charge in [0.1, 0.15) is 0 Å². The Morgan fingerprint density at radius 3 is 2.56 bits per heavy atom. The minimum absolute atomic E-state index is 0.0145. The van der Waals surface area contributed by atoms with E-state index in [1.165, 1.54) is 12.1 Å². The lowest BCUT2D eigenvalue weighted by atomic mass is 9.70. The first-order chi connectivity index (χ1) is 12.9. The van der Waals surface area contributed by atoms with E-state index in [1.807, 2.05) is 0 Å². The SMILES string of the molecule is C=CC1CCC(C2CCC(c3ccc(OCC)c(F)c3F)CC2(F)F)CO1. The lowest BCUT2D eigenvalue weighted by Gasteiger charge is -2.42. The summed E-state index contributed by atoms with van der Waals surface area (Å²) < 4.78 is 68.9. The van der Waals surface area contributed by atoms with Crippen LogP contribution >= 0.6 is 0 Å². The predicted octanol–water partition coefficient (Wildman–Crippen LogP) is 5.86. The van der Waals surface area contributed by atoms with Crippen LogP contribution in [0.1, 0.15) is 50.5 Å². The third kappa shape index (κ3) is 4.15. The second-order valence-corrected chi connectivity index (χ2v) is 7.50. The Bertz CT molecular complexity index is 668. The topological polar surface area (TPSA) is 18.5 Å². The summed E-state index contributed by atoms with van der Waals surface area (Å²) in [5.74, 6) is -6.98. The molecule has 2 aliphatic rings. The Labute approximate surface area is 157 Å². The molecule has 4 unspecified atom stereocenters. The molecule has 0 N–H and O–H groups in total. The summed E-state index contributed by atoms with van der Waals surface area (Å²) in [5.41, 5.74) is 0.0145. The molecule has 6 heteroatoms. The minimum atomic E-state index is -2.93. The largest absolute Gasteiger partial charge is 0.491 e. The smallest absolute Gasteiger partial charge is 0.251 e. The van der Waals surface area contributed by atoms with Gasteiger partial charge in [0.2, 0.25) is 5.82 Å². The summed E-state index contributed by atoms with van der Waals surface area (Å²) in [6.45, 7) is 5.85. The van der Waals surface area contributed by atoms with Gasteiger partial charge in [0.15, 0.2) is 11.6 Å². The summed E-state index contributed by atoms with van der Waals surface area (Å²) in [6, 6.07) is 2.70. The summed E-state index contributed by atoms with van der Waals surface area (Å²) in [5, 5.41) is 0. The van der Waals surface area contributed by atoms with E-state index < -0.39 is 35.8 Å². The van der Waals surface area contributed by atoms with Crippen molar-refractivity contribution < 1.29 is 27.0 Å². The Morgan fingerprint density at radius 1 is 1.19 bits per heavy atom. The Kier molecular flexibility index (Phi) is 6.14. The Hall–Kier alpha value is -1.56. The summed E-state index contributed by atoms with van der Waals surface area (Å²) >= 11 is 0. The van der Waals surface area contributed by atoms with Gasteiger partial charge < -0.3 is 9.47 Å². The van der Waals surface area contributed by atoms with E-state index in [0.717, 1.165) is 0 Å². The second kappa shape index (κ2) is 8.21. The molecular formula is C21H26F4O2. The summed E-state index contributed by atoms with van der Waals surface area (Å²) in [4.78, 5) is 0. The number of ether oxygens (including phenoxy) is 2. The molecule has 1 saturated carbocycles. The van der Waals surface area contributed by atoms with Crippen molar-refractivity contribution in [3.8, 4) is 5.75 Å². The van der Waals surface area contributed by atoms with Gasteiger partial charge in [0, 0.05) is 12.3 Å². The van der Waals surface area contributed by atoms with Crippen molar-refractivity contribution >= 4 is 0 Å². The van der Waals surface area contributed by atoms with Crippen LogP contribution in [-0.4, -0.2) is 25.2 Å². The van der Waals surface area contributed by atoms with Gasteiger partial charge in [0.25, 0.3) is 5.92 Å². The third-order valence-electron chi connectivity index (χ3n) is 5.88. The van der Waals surface area contributed by atoms with Crippen molar-refractivity contribution in [3.63, 3.8) is 0 Å². The van der Waals surface area contributed by atoms with Crippen LogP contribution in [0.3, 0.4) is 0 Å². The average Bonchev–Trinajstić information content (AvgIpc) is 2.65. The number of hydrogen-bond acceptors (Lipinski definition) is 2. The fourth-order valence-electron chi connectivity index (χ4n) is 4.44. The van der Waals surface area contributed by atoms with E-state index in [-0.39, 0.29) is 36.4 Å². The van der Waals surface area contributed by atoms with Gasteiger partial charge in [0.05, 0.1) is 19.3 Å². The van der Waals surface area contributed by atoms with Crippen LogP contribution in [0.25, 0.3) is 0 Å². The lowest BCUT2D eigenvalue weighted by molar-refractivity contribution is -0.137. The maximum Gasteiger partial charge on any atom is 0.251 e. The van der Waals surface area contributed by atoms with Gasteiger partial charge in [-0.2, -0.15) is 4.39 Å². The molecule has 1 aromatic carbocycles. The molecule has 0 aromatic heterocycles. The first kappa shape index (κ1) is 20.2. The molecule has 2 fully saturated rings. The van der Waals surface area contributed by atoms with E-state index in [9.17, 15) is 17.6 Å². The molecule has 2 nitrogen and oxygen atoms in total. The molecule has 1 aliphatic carbocycles. The summed E-state index contributed by atoms with van der Waals surface area (Å²) in [7, 11) is 0. The number of rotatable bonds is 5. The highest BCUT2D eigenvalue weighted by Crippen LogP contribution is 2.50. The molecule has 1 aliphatic heterocycles. The van der Waals surface area contributed by atoms with Crippen molar-refractivity contribution in [2.45, 2.75) is 57.0 Å². The highest BCUT2D eigenvalue weighted by molar-refractivity contribution is 5.33. The first-order valence-corrected chi connectivity index (χ1v) is 9.60. The highest BCUT2D eigenvalue weighted by Gasteiger charge is 2.49. The zero-order valence-electron chi connectivity index (χ0n) is 15.5. The molecule has 1 saturated heterocycles. The minimum Gasteiger partial charge on any atom is -0.491 e. The molecule has 0 amide bonds. The van der Waals surface area contributed by atoms with Crippen molar-refractivity contribution in [1.82, 2.24) is 0 Å². The van der Waals surface area contributed by atoms with Crippen molar-refractivity contribution in [2.24, 2.45) is 11.8 Å². The fraction of sp³-hybridized carbons (Fsp3) is 0.619. The van der Waals surface area contributed by atoms with Gasteiger partial charge in [-0.05, 0) is 56.1 Å². The zero-order valence-corrected chi connectivity index (χ0v) is 15.5. The zero-order chi connectivity index (χ0) is 19.6. The number of benzene rings is 1. The molecule has 1 aromatic rings. The van der Waals surface area contributed by atoms with E-state index >= 15 is 0 Å². The second-order valence-electron chi connectivity index (χ2n) is 7.50. The van der Waals surface area contributed by atoms with Crippen molar-refractivity contribution in [2.75, 3.05) is 13.2 Å². The van der Waals surface area contributed by atoms with Crippen molar-refractivity contribution in [3.05, 3.63) is 42.0 Å². The monoisotopic (exact) mass is 386 g/mol. The molecular weight excluding hydrogens is 360 g/mol. The van der Waals surface area contributed by atoms with Gasteiger partial charge in [-0.3, -0.25) is 0 Å². The number of hydrogen-bond donors (Lipinski definition) is 0. The molecule has 150 valence electrons. The van der Waals surface area contributed by atoms with Gasteiger partial charge in [-0.25, -0.2) is 13.2 Å². The third-order valence-corrected chi connectivity index (χ3v) is 5.88. The lowest BCUT2D eigenvalue weighted by Crippen LogP contribution is -2.43. The van der Waals surface area contributed by atoms with Gasteiger partial charge >= 0.3 is 0 Å². The summed E-state index contributed by atoms with van der Waals surface area (Å²) in [6.07, 6.45) is 3.23. The average molecular weight is 386 g/mol. The fourth-order valence-corrected chi connectivity index (χ4v) is 4.44. The Balaban J connectivity index is 1.72. The van der Waals surface area contributed by atoms with Crippen LogP contribution in [0.15, 0.2) is 24.8 Å². The predicted molar refractivity (Wildman–Crippen MR) is 95.2 cm³/mol. The van der Waals surface area contributed by atoms with Gasteiger partial charge in [-0.1, -0.05) is 12.1 Å².